The third kappa shape index (κ3) is 4.86. The van der Waals surface area contributed by atoms with Crippen molar-refractivity contribution in [2.75, 3.05) is 25.0 Å². The van der Waals surface area contributed by atoms with Crippen LogP contribution in [0.4, 0.5) is 5.69 Å². The third-order valence-corrected chi connectivity index (χ3v) is 5.04. The fourth-order valence-electron chi connectivity index (χ4n) is 3.49. The van der Waals surface area contributed by atoms with Crippen LogP contribution in [0.25, 0.3) is 11.3 Å². The smallest absolute Gasteiger partial charge is 0.260 e. The van der Waals surface area contributed by atoms with Crippen molar-refractivity contribution in [3.63, 3.8) is 0 Å². The van der Waals surface area contributed by atoms with E-state index in [9.17, 15) is 4.79 Å². The molecule has 0 aliphatic carbocycles. The number of aliphatic hydroxyl groups is 1. The molecule has 1 amide bonds. The van der Waals surface area contributed by atoms with Crippen LogP contribution in [0.5, 0.6) is 0 Å². The number of fused-ring (bicyclic) bond motifs is 2. The number of nitrogens with one attached hydrogen (secondary N) is 2. The normalized spacial score (nSPS) is 16.4. The first-order valence-electron chi connectivity index (χ1n) is 10.4. The number of aliphatic hydroxyl groups excluding tert-OH is 1. The van der Waals surface area contributed by atoms with Crippen molar-refractivity contribution < 1.29 is 14.6 Å². The number of amides is 1. The number of ether oxygens (including phenoxy) is 1. The molecule has 2 aliphatic heterocycles. The second-order valence-corrected chi connectivity index (χ2v) is 7.16. The first-order valence-corrected chi connectivity index (χ1v) is 10.4. The number of likely N-dealkylation sites (N-methyl/N-ethyl adjacent to an activating group) is 1. The Balaban J connectivity index is 0.000000431. The van der Waals surface area contributed by atoms with Gasteiger partial charge in [-0.1, -0.05) is 56.7 Å². The molecule has 2 aromatic rings. The van der Waals surface area contributed by atoms with E-state index >= 15 is 0 Å². The van der Waals surface area contributed by atoms with Gasteiger partial charge in [-0.25, -0.2) is 0 Å². The summed E-state index contributed by atoms with van der Waals surface area (Å²) in [5, 5.41) is 14.3. The maximum atomic E-state index is 12.4. The molecule has 0 saturated heterocycles. The summed E-state index contributed by atoms with van der Waals surface area (Å²) in [6.07, 6.45) is 3.03. The Morgan fingerprint density at radius 2 is 1.97 bits per heavy atom. The SMILES string of the molecule is CCCCO.CCNCCc1ccc2c(c1)CO/C2=C1/C(=O)Nc2ccccc21. The molecule has 2 aromatic carbocycles. The minimum absolute atomic E-state index is 0.0877. The molecule has 0 spiro atoms. The molecule has 0 atom stereocenters. The van der Waals surface area contributed by atoms with E-state index in [-0.39, 0.29) is 5.91 Å². The number of rotatable bonds is 6. The van der Waals surface area contributed by atoms with Gasteiger partial charge in [0.1, 0.15) is 12.4 Å². The van der Waals surface area contributed by atoms with Gasteiger partial charge in [-0.05, 0) is 37.6 Å². The fourth-order valence-corrected chi connectivity index (χ4v) is 3.49. The summed E-state index contributed by atoms with van der Waals surface area (Å²) in [6, 6.07) is 14.2. The third-order valence-electron chi connectivity index (χ3n) is 5.04. The lowest BCUT2D eigenvalue weighted by molar-refractivity contribution is -0.110. The van der Waals surface area contributed by atoms with Gasteiger partial charge < -0.3 is 20.5 Å². The fraction of sp³-hybridized carbons (Fsp3) is 0.375. The van der Waals surface area contributed by atoms with Gasteiger partial charge in [-0.3, -0.25) is 4.79 Å². The number of hydrogen-bond acceptors (Lipinski definition) is 4. The van der Waals surface area contributed by atoms with Crippen molar-refractivity contribution in [2.24, 2.45) is 0 Å². The number of anilines is 1. The number of para-hydroxylation sites is 1. The zero-order valence-electron chi connectivity index (χ0n) is 17.3. The van der Waals surface area contributed by atoms with Gasteiger partial charge in [-0.2, -0.15) is 0 Å². The van der Waals surface area contributed by atoms with Crippen molar-refractivity contribution in [3.05, 3.63) is 64.7 Å². The van der Waals surface area contributed by atoms with Gasteiger partial charge >= 0.3 is 0 Å². The van der Waals surface area contributed by atoms with E-state index in [0.717, 1.165) is 54.7 Å². The quantitative estimate of drug-likeness (QED) is 0.512. The first kappa shape index (κ1) is 21.1. The molecule has 0 saturated carbocycles. The Morgan fingerprint density at radius 1 is 1.14 bits per heavy atom. The molecular weight excluding hydrogens is 364 g/mol. The monoisotopic (exact) mass is 394 g/mol. The predicted molar refractivity (Wildman–Crippen MR) is 117 cm³/mol. The first-order chi connectivity index (χ1) is 14.2. The molecule has 0 aromatic heterocycles. The van der Waals surface area contributed by atoms with Crippen molar-refractivity contribution in [3.8, 4) is 0 Å². The second kappa shape index (κ2) is 10.2. The van der Waals surface area contributed by atoms with Crippen LogP contribution in [-0.4, -0.2) is 30.7 Å². The van der Waals surface area contributed by atoms with Crippen LogP contribution in [0.2, 0.25) is 0 Å². The maximum Gasteiger partial charge on any atom is 0.260 e. The molecule has 2 aliphatic rings. The molecule has 4 rings (SSSR count). The van der Waals surface area contributed by atoms with E-state index in [2.05, 4.69) is 42.7 Å². The second-order valence-electron chi connectivity index (χ2n) is 7.16. The minimum atomic E-state index is -0.0877. The Morgan fingerprint density at radius 3 is 2.69 bits per heavy atom. The highest BCUT2D eigenvalue weighted by atomic mass is 16.5. The number of unbranched alkanes of at least 4 members (excludes halogenated alkanes) is 1. The molecule has 0 bridgehead atoms. The summed E-state index contributed by atoms with van der Waals surface area (Å²) in [7, 11) is 0. The minimum Gasteiger partial charge on any atom is -0.487 e. The van der Waals surface area contributed by atoms with Crippen LogP contribution in [0, 0.1) is 0 Å². The topological polar surface area (TPSA) is 70.6 Å². The number of carbonyl (C=O) groups is 1. The van der Waals surface area contributed by atoms with Crippen LogP contribution in [0.3, 0.4) is 0 Å². The predicted octanol–water partition coefficient (Wildman–Crippen LogP) is 3.97. The van der Waals surface area contributed by atoms with E-state index in [1.165, 1.54) is 5.56 Å². The average Bonchev–Trinajstić information content (AvgIpc) is 3.28. The largest absolute Gasteiger partial charge is 0.487 e. The van der Waals surface area contributed by atoms with Gasteiger partial charge in [0, 0.05) is 29.0 Å². The average molecular weight is 395 g/mol. The van der Waals surface area contributed by atoms with Gasteiger partial charge in [0.2, 0.25) is 0 Å². The maximum absolute atomic E-state index is 12.4. The lowest BCUT2D eigenvalue weighted by atomic mass is 9.98. The Bertz CT molecular complexity index is 887. The Hall–Kier alpha value is -2.63. The van der Waals surface area contributed by atoms with E-state index in [1.54, 1.807) is 0 Å². The molecule has 0 fully saturated rings. The highest BCUT2D eigenvalue weighted by Crippen LogP contribution is 2.41. The van der Waals surface area contributed by atoms with Gasteiger partial charge in [-0.15, -0.1) is 0 Å². The van der Waals surface area contributed by atoms with Crippen LogP contribution in [0.1, 0.15) is 48.9 Å². The van der Waals surface area contributed by atoms with E-state index in [4.69, 9.17) is 9.84 Å². The van der Waals surface area contributed by atoms with Crippen molar-refractivity contribution >= 4 is 22.9 Å². The number of carbonyl (C=O) groups excluding carboxylic acids is 1. The molecule has 3 N–H and O–H groups in total. The van der Waals surface area contributed by atoms with E-state index < -0.39 is 0 Å². The Labute approximate surface area is 172 Å². The zero-order valence-corrected chi connectivity index (χ0v) is 17.3. The molecule has 29 heavy (non-hydrogen) atoms. The van der Waals surface area contributed by atoms with Gasteiger partial charge in [0.05, 0.1) is 5.57 Å². The van der Waals surface area contributed by atoms with Crippen LogP contribution in [-0.2, 0) is 22.6 Å². The van der Waals surface area contributed by atoms with Gasteiger partial charge in [0.25, 0.3) is 5.91 Å². The van der Waals surface area contributed by atoms with Crippen molar-refractivity contribution in [2.45, 2.75) is 39.7 Å². The highest BCUT2D eigenvalue weighted by molar-refractivity contribution is 6.36. The van der Waals surface area contributed by atoms with Crippen molar-refractivity contribution in [1.29, 1.82) is 0 Å². The summed E-state index contributed by atoms with van der Waals surface area (Å²) in [4.78, 5) is 12.4. The highest BCUT2D eigenvalue weighted by Gasteiger charge is 2.32. The summed E-state index contributed by atoms with van der Waals surface area (Å²) >= 11 is 0. The molecule has 5 heteroatoms. The van der Waals surface area contributed by atoms with Gasteiger partial charge in [0.15, 0.2) is 0 Å². The number of hydrogen-bond donors (Lipinski definition) is 3. The standard InChI is InChI=1S/C20H20N2O2.C4H10O/c1-2-21-10-9-13-7-8-15-14(11-13)12-24-19(15)18-16-5-3-4-6-17(16)22-20(18)23;1-2-3-4-5/h3-8,11,21H,2,9-10,12H2,1H3,(H,22,23);5H,2-4H2,1H3/b19-18+;. The summed E-state index contributed by atoms with van der Waals surface area (Å²) < 4.78 is 5.92. The lowest BCUT2D eigenvalue weighted by Crippen LogP contribution is -2.16. The van der Waals surface area contributed by atoms with Crippen molar-refractivity contribution in [1.82, 2.24) is 5.32 Å². The van der Waals surface area contributed by atoms with E-state index in [0.29, 0.717) is 24.5 Å². The van der Waals surface area contributed by atoms with Crippen LogP contribution < -0.4 is 10.6 Å². The van der Waals surface area contributed by atoms with E-state index in [1.807, 2.05) is 24.3 Å². The zero-order chi connectivity index (χ0) is 20.6. The molecule has 5 nitrogen and oxygen atoms in total. The summed E-state index contributed by atoms with van der Waals surface area (Å²) in [5.41, 5.74) is 5.89. The molecule has 0 unspecified atom stereocenters. The molecule has 0 radical (unpaired) electrons. The molecule has 2 heterocycles. The molecule has 154 valence electrons. The lowest BCUT2D eigenvalue weighted by Gasteiger charge is -2.06. The summed E-state index contributed by atoms with van der Waals surface area (Å²) in [6.45, 7) is 6.99. The molecular formula is C24H30N2O3. The Kier molecular flexibility index (Phi) is 7.44. The van der Waals surface area contributed by atoms with Crippen LogP contribution in [0.15, 0.2) is 42.5 Å². The summed E-state index contributed by atoms with van der Waals surface area (Å²) in [5.74, 6) is 0.612. The van der Waals surface area contributed by atoms with Crippen LogP contribution >= 0.6 is 0 Å². The number of benzene rings is 2.